The van der Waals surface area contributed by atoms with Crippen molar-refractivity contribution in [1.29, 1.82) is 5.26 Å². The van der Waals surface area contributed by atoms with Gasteiger partial charge in [-0.1, -0.05) is 24.3 Å². The highest BCUT2D eigenvalue weighted by Crippen LogP contribution is 2.39. The molecule has 3 rings (SSSR count). The third-order valence-electron chi connectivity index (χ3n) is 7.09. The van der Waals surface area contributed by atoms with E-state index >= 15 is 0 Å². The molecule has 5 nitrogen and oxygen atoms in total. The molecule has 0 heterocycles. The zero-order valence-corrected chi connectivity index (χ0v) is 19.5. The maximum atomic E-state index is 13.3. The van der Waals surface area contributed by atoms with Crippen LogP contribution in [0.5, 0.6) is 0 Å². The molecule has 0 saturated heterocycles. The fourth-order valence-electron chi connectivity index (χ4n) is 4.82. The second-order valence-corrected chi connectivity index (χ2v) is 9.24. The molecular formula is C26H31F3N2O3. The van der Waals surface area contributed by atoms with E-state index in [4.69, 9.17) is 10.00 Å². The number of alkyl halides is 3. The molecule has 1 amide bonds. The van der Waals surface area contributed by atoms with Gasteiger partial charge in [0.1, 0.15) is 0 Å². The minimum Gasteiger partial charge on any atom is -0.383 e. The van der Waals surface area contributed by atoms with Gasteiger partial charge in [0.15, 0.2) is 5.60 Å². The molecule has 2 atom stereocenters. The quantitative estimate of drug-likeness (QED) is 0.592. The Bertz CT molecular complexity index is 953. The van der Waals surface area contributed by atoms with Crippen LogP contribution in [-0.4, -0.2) is 48.4 Å². The maximum absolute atomic E-state index is 13.3. The number of hydrogen-bond acceptors (Lipinski definition) is 4. The van der Waals surface area contributed by atoms with Crippen LogP contribution in [0.4, 0.5) is 13.2 Å². The van der Waals surface area contributed by atoms with Crippen molar-refractivity contribution >= 4 is 5.91 Å². The highest BCUT2D eigenvalue weighted by Gasteiger charge is 2.51. The van der Waals surface area contributed by atoms with E-state index in [1.54, 1.807) is 12.0 Å². The molecule has 1 fully saturated rings. The lowest BCUT2D eigenvalue weighted by atomic mass is 9.75. The number of allylic oxidation sites excluding steroid dienone is 4. The third-order valence-corrected chi connectivity index (χ3v) is 7.09. The molecule has 0 aromatic heterocycles. The molecule has 34 heavy (non-hydrogen) atoms. The lowest BCUT2D eigenvalue weighted by Crippen LogP contribution is -2.44. The Balaban J connectivity index is 1.68. The molecule has 1 aromatic rings. The number of carbonyl (C=O) groups is 1. The molecule has 0 spiro atoms. The van der Waals surface area contributed by atoms with Gasteiger partial charge in [-0.05, 0) is 74.6 Å². The molecule has 2 aliphatic rings. The lowest BCUT2D eigenvalue weighted by Gasteiger charge is -2.39. The van der Waals surface area contributed by atoms with Crippen LogP contribution in [0.15, 0.2) is 48.1 Å². The first-order chi connectivity index (χ1) is 16.1. The van der Waals surface area contributed by atoms with Crippen LogP contribution in [0.1, 0.15) is 54.9 Å². The van der Waals surface area contributed by atoms with Gasteiger partial charge in [-0.3, -0.25) is 4.79 Å². The van der Waals surface area contributed by atoms with Gasteiger partial charge in [0, 0.05) is 30.8 Å². The van der Waals surface area contributed by atoms with E-state index in [0.717, 1.165) is 44.2 Å². The Morgan fingerprint density at radius 1 is 1.21 bits per heavy atom. The largest absolute Gasteiger partial charge is 0.421 e. The predicted molar refractivity (Wildman–Crippen MR) is 122 cm³/mol. The number of methoxy groups -OCH3 is 1. The summed E-state index contributed by atoms with van der Waals surface area (Å²) in [4.78, 5) is 15.1. The van der Waals surface area contributed by atoms with E-state index in [-0.39, 0.29) is 23.1 Å². The Labute approximate surface area is 198 Å². The standard InChI is InChI=1S/C26H31F3N2O3/c1-25(33,26(27,28)29)22-11-7-21(8-12-22)24(32)31(15-16-34-2)23-13-9-20(10-14-23)19-5-3-18(17-30)4-6-19/h3-5,7-8,11-12,19-20,23,33H,6,9-10,13-16H2,1-2H3/t19?,20-,23-,25-/m0/s1. The van der Waals surface area contributed by atoms with Crippen LogP contribution in [-0.2, 0) is 10.3 Å². The zero-order chi connectivity index (χ0) is 24.9. The minimum atomic E-state index is -4.82. The van der Waals surface area contributed by atoms with E-state index in [1.165, 1.54) is 12.1 Å². The number of amides is 1. The number of carbonyl (C=O) groups excluding carboxylic acids is 1. The number of benzene rings is 1. The van der Waals surface area contributed by atoms with E-state index in [0.29, 0.717) is 37.5 Å². The van der Waals surface area contributed by atoms with E-state index in [1.807, 2.05) is 12.2 Å². The summed E-state index contributed by atoms with van der Waals surface area (Å²) >= 11 is 0. The lowest BCUT2D eigenvalue weighted by molar-refractivity contribution is -0.258. The number of aliphatic hydroxyl groups is 1. The zero-order valence-electron chi connectivity index (χ0n) is 19.5. The van der Waals surface area contributed by atoms with Crippen LogP contribution in [0, 0.1) is 23.2 Å². The predicted octanol–water partition coefficient (Wildman–Crippen LogP) is 5.13. The summed E-state index contributed by atoms with van der Waals surface area (Å²) in [6.45, 7) is 1.45. The van der Waals surface area contributed by atoms with Gasteiger partial charge < -0.3 is 14.7 Å². The van der Waals surface area contributed by atoms with Crippen LogP contribution < -0.4 is 0 Å². The monoisotopic (exact) mass is 476 g/mol. The molecular weight excluding hydrogens is 445 g/mol. The second kappa shape index (κ2) is 10.7. The van der Waals surface area contributed by atoms with Crippen molar-refractivity contribution in [2.24, 2.45) is 11.8 Å². The topological polar surface area (TPSA) is 73.6 Å². The SMILES string of the molecule is COCCN(C(=O)c1ccc([C@](C)(O)C(F)(F)F)cc1)[C@H]1CC[C@H](C2C=CC(C#N)=CC2)CC1. The molecule has 184 valence electrons. The van der Waals surface area contributed by atoms with Crippen molar-refractivity contribution in [2.75, 3.05) is 20.3 Å². The van der Waals surface area contributed by atoms with Crippen molar-refractivity contribution in [1.82, 2.24) is 4.90 Å². The summed E-state index contributed by atoms with van der Waals surface area (Å²) in [7, 11) is 1.56. The van der Waals surface area contributed by atoms with Gasteiger partial charge in [-0.15, -0.1) is 0 Å². The highest BCUT2D eigenvalue weighted by atomic mass is 19.4. The fourth-order valence-corrected chi connectivity index (χ4v) is 4.82. The molecule has 8 heteroatoms. The number of rotatable bonds is 7. The maximum Gasteiger partial charge on any atom is 0.421 e. The van der Waals surface area contributed by atoms with Gasteiger partial charge in [0.2, 0.25) is 0 Å². The van der Waals surface area contributed by atoms with E-state index in [9.17, 15) is 23.1 Å². The number of halogens is 3. The summed E-state index contributed by atoms with van der Waals surface area (Å²) in [5.41, 5.74) is -2.32. The van der Waals surface area contributed by atoms with Gasteiger partial charge in [0.05, 0.1) is 12.7 Å². The Hall–Kier alpha value is -2.63. The highest BCUT2D eigenvalue weighted by molar-refractivity contribution is 5.94. The van der Waals surface area contributed by atoms with Crippen molar-refractivity contribution in [3.05, 3.63) is 59.2 Å². The number of nitriles is 1. The molecule has 2 aliphatic carbocycles. The Kier molecular flexibility index (Phi) is 8.21. The summed E-state index contributed by atoms with van der Waals surface area (Å²) < 4.78 is 44.6. The van der Waals surface area contributed by atoms with Crippen molar-refractivity contribution in [3.63, 3.8) is 0 Å². The first-order valence-electron chi connectivity index (χ1n) is 11.6. The average molecular weight is 477 g/mol. The molecule has 1 aromatic carbocycles. The second-order valence-electron chi connectivity index (χ2n) is 9.24. The molecule has 1 unspecified atom stereocenters. The summed E-state index contributed by atoms with van der Waals surface area (Å²) in [5, 5.41) is 18.9. The number of hydrogen-bond donors (Lipinski definition) is 1. The van der Waals surface area contributed by atoms with E-state index < -0.39 is 11.8 Å². The van der Waals surface area contributed by atoms with Gasteiger partial charge in [0.25, 0.3) is 5.91 Å². The molecule has 1 N–H and O–H groups in total. The van der Waals surface area contributed by atoms with Crippen molar-refractivity contribution in [2.45, 2.75) is 56.8 Å². The first kappa shape index (κ1) is 26.0. The normalized spacial score (nSPS) is 24.6. The van der Waals surface area contributed by atoms with Crippen LogP contribution >= 0.6 is 0 Å². The molecule has 0 bridgehead atoms. The van der Waals surface area contributed by atoms with Crippen LogP contribution in [0.2, 0.25) is 0 Å². The van der Waals surface area contributed by atoms with Gasteiger partial charge >= 0.3 is 6.18 Å². The fraction of sp³-hybridized carbons (Fsp3) is 0.538. The Morgan fingerprint density at radius 2 is 1.85 bits per heavy atom. The first-order valence-corrected chi connectivity index (χ1v) is 11.6. The Morgan fingerprint density at radius 3 is 2.35 bits per heavy atom. The molecule has 0 aliphatic heterocycles. The van der Waals surface area contributed by atoms with E-state index in [2.05, 4.69) is 12.1 Å². The molecule has 1 saturated carbocycles. The smallest absolute Gasteiger partial charge is 0.383 e. The number of ether oxygens (including phenoxy) is 1. The third kappa shape index (κ3) is 5.70. The van der Waals surface area contributed by atoms with Crippen LogP contribution in [0.25, 0.3) is 0 Å². The number of nitrogens with zero attached hydrogens (tertiary/aromatic N) is 2. The van der Waals surface area contributed by atoms with Gasteiger partial charge in [-0.25, -0.2) is 0 Å². The van der Waals surface area contributed by atoms with Gasteiger partial charge in [-0.2, -0.15) is 18.4 Å². The summed E-state index contributed by atoms with van der Waals surface area (Å²) in [5.74, 6) is 0.639. The van der Waals surface area contributed by atoms with Crippen molar-refractivity contribution < 1.29 is 27.8 Å². The van der Waals surface area contributed by atoms with Crippen LogP contribution in [0.3, 0.4) is 0 Å². The molecule has 0 radical (unpaired) electrons. The summed E-state index contributed by atoms with van der Waals surface area (Å²) in [6.07, 6.45) is 5.60. The van der Waals surface area contributed by atoms with Crippen molar-refractivity contribution in [3.8, 4) is 6.07 Å². The minimum absolute atomic E-state index is 0.0228. The average Bonchev–Trinajstić information content (AvgIpc) is 2.84. The summed E-state index contributed by atoms with van der Waals surface area (Å²) in [6, 6.07) is 7.19.